The molecule has 3 rings (SSSR count). The van der Waals surface area contributed by atoms with Crippen molar-refractivity contribution in [3.63, 3.8) is 0 Å². The first-order chi connectivity index (χ1) is 8.74. The van der Waals surface area contributed by atoms with Crippen molar-refractivity contribution in [2.75, 3.05) is 0 Å². The summed E-state index contributed by atoms with van der Waals surface area (Å²) in [5.41, 5.74) is 3.22. The normalized spacial score (nSPS) is 22.6. The van der Waals surface area contributed by atoms with Gasteiger partial charge in [-0.3, -0.25) is 4.98 Å². The molecular formula is C15H15FN2. The average Bonchev–Trinajstić information content (AvgIpc) is 2.37. The van der Waals surface area contributed by atoms with Gasteiger partial charge in [0.2, 0.25) is 0 Å². The summed E-state index contributed by atoms with van der Waals surface area (Å²) in [5.74, 6) is -0.196. The zero-order valence-electron chi connectivity index (χ0n) is 10.2. The molecule has 2 nitrogen and oxygen atoms in total. The summed E-state index contributed by atoms with van der Waals surface area (Å²) >= 11 is 0. The number of benzene rings is 1. The molecule has 1 aliphatic heterocycles. The van der Waals surface area contributed by atoms with Crippen LogP contribution in [0.4, 0.5) is 4.39 Å². The van der Waals surface area contributed by atoms with Crippen molar-refractivity contribution in [1.29, 1.82) is 0 Å². The van der Waals surface area contributed by atoms with Crippen molar-refractivity contribution >= 4 is 0 Å². The van der Waals surface area contributed by atoms with E-state index >= 15 is 0 Å². The van der Waals surface area contributed by atoms with Crippen LogP contribution in [-0.4, -0.2) is 11.0 Å². The molecule has 92 valence electrons. The fraction of sp³-hybridized carbons (Fsp3) is 0.267. The number of rotatable bonds is 1. The maximum absolute atomic E-state index is 13.4. The van der Waals surface area contributed by atoms with Crippen LogP contribution in [0.25, 0.3) is 0 Å². The number of hydrogen-bond acceptors (Lipinski definition) is 2. The molecule has 0 radical (unpaired) electrons. The van der Waals surface area contributed by atoms with Crippen molar-refractivity contribution in [3.05, 3.63) is 65.2 Å². The van der Waals surface area contributed by atoms with Gasteiger partial charge in [0.1, 0.15) is 5.82 Å². The van der Waals surface area contributed by atoms with Gasteiger partial charge in [0, 0.05) is 24.4 Å². The van der Waals surface area contributed by atoms with E-state index < -0.39 is 0 Å². The highest BCUT2D eigenvalue weighted by atomic mass is 19.1. The minimum Gasteiger partial charge on any atom is -0.303 e. The molecule has 3 heteroatoms. The molecule has 1 aromatic carbocycles. The van der Waals surface area contributed by atoms with Crippen LogP contribution in [0.3, 0.4) is 0 Å². The molecule has 0 saturated carbocycles. The second-order valence-electron chi connectivity index (χ2n) is 4.80. The highest BCUT2D eigenvalue weighted by Gasteiger charge is 2.25. The maximum atomic E-state index is 13.4. The molecule has 0 fully saturated rings. The van der Waals surface area contributed by atoms with E-state index in [1.165, 1.54) is 6.07 Å². The van der Waals surface area contributed by atoms with Crippen LogP contribution >= 0.6 is 0 Å². The largest absolute Gasteiger partial charge is 0.303 e. The Labute approximate surface area is 106 Å². The van der Waals surface area contributed by atoms with E-state index in [0.717, 1.165) is 23.2 Å². The first-order valence-corrected chi connectivity index (χ1v) is 6.19. The van der Waals surface area contributed by atoms with Crippen LogP contribution in [0.1, 0.15) is 29.8 Å². The fourth-order valence-electron chi connectivity index (χ4n) is 2.57. The van der Waals surface area contributed by atoms with Gasteiger partial charge in [-0.25, -0.2) is 4.39 Å². The number of nitrogens with zero attached hydrogens (tertiary/aromatic N) is 1. The molecule has 2 heterocycles. The van der Waals surface area contributed by atoms with Crippen LogP contribution < -0.4 is 5.32 Å². The monoisotopic (exact) mass is 242 g/mol. The van der Waals surface area contributed by atoms with Gasteiger partial charge in [0.05, 0.1) is 6.04 Å². The van der Waals surface area contributed by atoms with E-state index in [-0.39, 0.29) is 11.9 Å². The van der Waals surface area contributed by atoms with Gasteiger partial charge in [-0.15, -0.1) is 0 Å². The molecule has 2 atom stereocenters. The molecule has 0 spiro atoms. The molecule has 2 aromatic rings. The molecule has 0 amide bonds. The van der Waals surface area contributed by atoms with E-state index in [0.29, 0.717) is 6.04 Å². The molecule has 1 aromatic heterocycles. The van der Waals surface area contributed by atoms with Crippen molar-refractivity contribution in [2.45, 2.75) is 25.4 Å². The standard InChI is InChI=1S/C15H15FN2/c1-10-8-14-13(6-3-7-17-14)15(18-10)11-4-2-5-12(16)9-11/h2-7,9-10,15,18H,8H2,1H3. The van der Waals surface area contributed by atoms with E-state index in [1.54, 1.807) is 12.1 Å². The zero-order chi connectivity index (χ0) is 12.5. The Morgan fingerprint density at radius 3 is 3.00 bits per heavy atom. The van der Waals surface area contributed by atoms with Gasteiger partial charge in [-0.2, -0.15) is 0 Å². The van der Waals surface area contributed by atoms with Crippen LogP contribution in [0, 0.1) is 5.82 Å². The summed E-state index contributed by atoms with van der Waals surface area (Å²) in [6, 6.07) is 11.2. The van der Waals surface area contributed by atoms with Gasteiger partial charge in [0.15, 0.2) is 0 Å². The van der Waals surface area contributed by atoms with Crippen molar-refractivity contribution < 1.29 is 4.39 Å². The van der Waals surface area contributed by atoms with E-state index in [2.05, 4.69) is 23.3 Å². The predicted molar refractivity (Wildman–Crippen MR) is 68.8 cm³/mol. The van der Waals surface area contributed by atoms with Gasteiger partial charge >= 0.3 is 0 Å². The summed E-state index contributed by atoms with van der Waals surface area (Å²) in [4.78, 5) is 4.43. The number of fused-ring (bicyclic) bond motifs is 1. The van der Waals surface area contributed by atoms with E-state index in [4.69, 9.17) is 0 Å². The third-order valence-electron chi connectivity index (χ3n) is 3.37. The number of halogens is 1. The molecule has 0 saturated heterocycles. The second-order valence-corrected chi connectivity index (χ2v) is 4.80. The van der Waals surface area contributed by atoms with Crippen molar-refractivity contribution in [1.82, 2.24) is 10.3 Å². The Kier molecular flexibility index (Phi) is 2.84. The zero-order valence-corrected chi connectivity index (χ0v) is 10.2. The number of hydrogen-bond donors (Lipinski definition) is 1. The predicted octanol–water partition coefficient (Wildman–Crippen LogP) is 2.84. The lowest BCUT2D eigenvalue weighted by Gasteiger charge is -2.31. The third-order valence-corrected chi connectivity index (χ3v) is 3.37. The minimum atomic E-state index is -0.196. The summed E-state index contributed by atoms with van der Waals surface area (Å²) in [7, 11) is 0. The van der Waals surface area contributed by atoms with Crippen LogP contribution in [0.15, 0.2) is 42.6 Å². The molecule has 0 bridgehead atoms. The highest BCUT2D eigenvalue weighted by molar-refractivity contribution is 5.36. The molecule has 18 heavy (non-hydrogen) atoms. The second kappa shape index (κ2) is 4.50. The smallest absolute Gasteiger partial charge is 0.123 e. The summed E-state index contributed by atoms with van der Waals surface area (Å²) in [6.07, 6.45) is 2.74. The Morgan fingerprint density at radius 2 is 2.17 bits per heavy atom. The van der Waals surface area contributed by atoms with Gasteiger partial charge in [-0.05, 0) is 36.2 Å². The lowest BCUT2D eigenvalue weighted by atomic mass is 9.90. The lowest BCUT2D eigenvalue weighted by molar-refractivity contribution is 0.455. The summed E-state index contributed by atoms with van der Waals surface area (Å²) < 4.78 is 13.4. The fourth-order valence-corrected chi connectivity index (χ4v) is 2.57. The number of pyridine rings is 1. The molecule has 1 N–H and O–H groups in total. The number of nitrogens with one attached hydrogen (secondary N) is 1. The Bertz CT molecular complexity index is 568. The highest BCUT2D eigenvalue weighted by Crippen LogP contribution is 2.29. The Morgan fingerprint density at radius 1 is 1.28 bits per heavy atom. The Hall–Kier alpha value is -1.74. The van der Waals surface area contributed by atoms with E-state index in [9.17, 15) is 4.39 Å². The molecule has 0 aliphatic carbocycles. The van der Waals surface area contributed by atoms with Crippen molar-refractivity contribution in [2.24, 2.45) is 0 Å². The molecule has 1 aliphatic rings. The summed E-state index contributed by atoms with van der Waals surface area (Å²) in [6.45, 7) is 2.13. The van der Waals surface area contributed by atoms with Crippen molar-refractivity contribution in [3.8, 4) is 0 Å². The Balaban J connectivity index is 2.07. The quantitative estimate of drug-likeness (QED) is 0.831. The van der Waals surface area contributed by atoms with Gasteiger partial charge in [0.25, 0.3) is 0 Å². The van der Waals surface area contributed by atoms with Gasteiger partial charge in [-0.1, -0.05) is 18.2 Å². The summed E-state index contributed by atoms with van der Waals surface area (Å²) in [5, 5.41) is 3.51. The maximum Gasteiger partial charge on any atom is 0.123 e. The van der Waals surface area contributed by atoms with E-state index in [1.807, 2.05) is 18.3 Å². The molecule has 2 unspecified atom stereocenters. The first-order valence-electron chi connectivity index (χ1n) is 6.19. The molecular weight excluding hydrogens is 227 g/mol. The van der Waals surface area contributed by atoms with Crippen LogP contribution in [0.2, 0.25) is 0 Å². The SMILES string of the molecule is CC1Cc2ncccc2C(c2cccc(F)c2)N1. The van der Waals surface area contributed by atoms with Crippen LogP contribution in [-0.2, 0) is 6.42 Å². The number of aromatic nitrogens is 1. The minimum absolute atomic E-state index is 0.0353. The lowest BCUT2D eigenvalue weighted by Crippen LogP contribution is -2.38. The van der Waals surface area contributed by atoms with Crippen LogP contribution in [0.5, 0.6) is 0 Å². The first kappa shape index (κ1) is 11.4. The average molecular weight is 242 g/mol. The third kappa shape index (κ3) is 2.02. The topological polar surface area (TPSA) is 24.9 Å². The van der Waals surface area contributed by atoms with Gasteiger partial charge < -0.3 is 5.32 Å².